The van der Waals surface area contributed by atoms with Crippen LogP contribution in [0.15, 0.2) is 48.5 Å². The zero-order chi connectivity index (χ0) is 24.6. The number of aliphatic hydroxyl groups excluding tert-OH is 1. The highest BCUT2D eigenvalue weighted by Gasteiger charge is 2.39. The van der Waals surface area contributed by atoms with E-state index in [1.165, 1.54) is 23.9 Å². The van der Waals surface area contributed by atoms with Gasteiger partial charge in [0.25, 0.3) is 5.91 Å². The van der Waals surface area contributed by atoms with Crippen molar-refractivity contribution < 1.29 is 19.1 Å². The number of halogens is 1. The lowest BCUT2D eigenvalue weighted by Gasteiger charge is -2.40. The number of anilines is 1. The molecule has 0 fully saturated rings. The van der Waals surface area contributed by atoms with Crippen LogP contribution < -0.4 is 16.0 Å². The molecule has 178 valence electrons. The number of aromatic nitrogens is 2. The topological polar surface area (TPSA) is 108 Å². The van der Waals surface area contributed by atoms with Gasteiger partial charge in [-0.3, -0.25) is 10.1 Å². The number of aliphatic hydroxyl groups is 1. The summed E-state index contributed by atoms with van der Waals surface area (Å²) in [6.45, 7) is 5.57. The molecule has 3 amide bonds. The van der Waals surface area contributed by atoms with Crippen LogP contribution in [0.5, 0.6) is 0 Å². The van der Waals surface area contributed by atoms with Crippen molar-refractivity contribution in [2.75, 3.05) is 12.4 Å². The third-order valence-corrected chi connectivity index (χ3v) is 6.27. The molecule has 0 radical (unpaired) electrons. The maximum absolute atomic E-state index is 14.0. The van der Waals surface area contributed by atoms with Crippen LogP contribution in [0.4, 0.5) is 15.0 Å². The van der Waals surface area contributed by atoms with E-state index >= 15 is 0 Å². The third kappa shape index (κ3) is 4.26. The molecule has 0 saturated carbocycles. The Morgan fingerprint density at radius 1 is 1.18 bits per heavy atom. The van der Waals surface area contributed by atoms with Gasteiger partial charge in [-0.2, -0.15) is 5.10 Å². The number of nitrogens with zero attached hydrogens (tertiary/aromatic N) is 2. The lowest BCUT2D eigenvalue weighted by atomic mass is 9.69. The first kappa shape index (κ1) is 23.4. The van der Waals surface area contributed by atoms with Crippen molar-refractivity contribution >= 4 is 17.8 Å². The number of carbonyl (C=O) groups excluding carboxylic acids is 2. The van der Waals surface area contributed by atoms with E-state index in [1.807, 2.05) is 32.0 Å². The monoisotopic (exact) mass is 465 g/mol. The van der Waals surface area contributed by atoms with Crippen LogP contribution in [-0.4, -0.2) is 40.0 Å². The molecule has 0 saturated heterocycles. The lowest BCUT2D eigenvalue weighted by molar-refractivity contribution is 0.0881. The fourth-order valence-electron chi connectivity index (χ4n) is 4.54. The molecule has 3 aromatic rings. The number of urea groups is 1. The average Bonchev–Trinajstić information content (AvgIpc) is 3.12. The molecule has 1 aromatic heterocycles. The van der Waals surface area contributed by atoms with Crippen LogP contribution in [0.25, 0.3) is 5.69 Å². The summed E-state index contributed by atoms with van der Waals surface area (Å²) >= 11 is 0. The summed E-state index contributed by atoms with van der Waals surface area (Å²) in [6.07, 6.45) is -0.504. The smallest absolute Gasteiger partial charge is 0.320 e. The van der Waals surface area contributed by atoms with Crippen molar-refractivity contribution in [3.05, 3.63) is 76.7 Å². The van der Waals surface area contributed by atoms with Gasteiger partial charge in [0.15, 0.2) is 5.69 Å². The maximum atomic E-state index is 14.0. The van der Waals surface area contributed by atoms with E-state index in [0.29, 0.717) is 29.1 Å². The number of hydrogen-bond donors (Lipinski definition) is 4. The van der Waals surface area contributed by atoms with E-state index in [9.17, 15) is 19.1 Å². The van der Waals surface area contributed by atoms with Crippen molar-refractivity contribution in [3.63, 3.8) is 0 Å². The number of benzene rings is 2. The summed E-state index contributed by atoms with van der Waals surface area (Å²) in [5.74, 6) is -0.417. The molecule has 0 bridgehead atoms. The van der Waals surface area contributed by atoms with Crippen LogP contribution in [0.2, 0.25) is 0 Å². The number of amides is 3. The molecule has 4 N–H and O–H groups in total. The second kappa shape index (κ2) is 8.90. The van der Waals surface area contributed by atoms with Gasteiger partial charge in [-0.15, -0.1) is 0 Å². The van der Waals surface area contributed by atoms with E-state index in [0.717, 1.165) is 5.56 Å². The number of rotatable bonds is 4. The number of fused-ring (bicyclic) bond motifs is 1. The quantitative estimate of drug-likeness (QED) is 0.472. The van der Waals surface area contributed by atoms with Crippen LogP contribution in [0, 0.1) is 12.7 Å². The highest BCUT2D eigenvalue weighted by atomic mass is 19.1. The Bertz CT molecular complexity index is 1240. The zero-order valence-electron chi connectivity index (χ0n) is 19.5. The summed E-state index contributed by atoms with van der Waals surface area (Å²) in [4.78, 5) is 25.4. The highest BCUT2D eigenvalue weighted by molar-refractivity contribution is 5.97. The molecule has 1 heterocycles. The molecule has 9 heteroatoms. The lowest BCUT2D eigenvalue weighted by Crippen LogP contribution is -2.45. The van der Waals surface area contributed by atoms with Gasteiger partial charge < -0.3 is 15.7 Å². The van der Waals surface area contributed by atoms with E-state index in [2.05, 4.69) is 21.0 Å². The van der Waals surface area contributed by atoms with Crippen LogP contribution in [-0.2, 0) is 5.41 Å². The van der Waals surface area contributed by atoms with Crippen molar-refractivity contribution in [2.24, 2.45) is 0 Å². The Hall–Kier alpha value is -3.72. The molecule has 1 aliphatic rings. The largest absolute Gasteiger partial charge is 0.391 e. The first-order valence-corrected chi connectivity index (χ1v) is 11.0. The Balaban J connectivity index is 1.66. The SMILES string of the molecule is CNC(=O)c1nn(-c2ccccc2)c(NC(=O)NC2c3ccc(F)cc3C(C)(C)CC2O)c1C. The summed E-state index contributed by atoms with van der Waals surface area (Å²) in [7, 11) is 1.51. The van der Waals surface area contributed by atoms with Gasteiger partial charge in [-0.25, -0.2) is 13.9 Å². The minimum absolute atomic E-state index is 0.182. The van der Waals surface area contributed by atoms with Crippen LogP contribution in [0.3, 0.4) is 0 Å². The first-order chi connectivity index (χ1) is 16.1. The summed E-state index contributed by atoms with van der Waals surface area (Å²) in [6, 6.07) is 12.2. The van der Waals surface area contributed by atoms with Crippen LogP contribution >= 0.6 is 0 Å². The molecule has 0 aliphatic heterocycles. The number of para-hydroxylation sites is 1. The van der Waals surface area contributed by atoms with Gasteiger partial charge >= 0.3 is 6.03 Å². The minimum Gasteiger partial charge on any atom is -0.391 e. The number of hydrogen-bond acceptors (Lipinski definition) is 4. The van der Waals surface area contributed by atoms with Gasteiger partial charge in [0, 0.05) is 12.6 Å². The molecule has 4 rings (SSSR count). The highest BCUT2D eigenvalue weighted by Crippen LogP contribution is 2.42. The minimum atomic E-state index is -0.861. The summed E-state index contributed by atoms with van der Waals surface area (Å²) in [5.41, 5.74) is 2.30. The van der Waals surface area contributed by atoms with Crippen molar-refractivity contribution in [1.29, 1.82) is 0 Å². The molecule has 8 nitrogen and oxygen atoms in total. The predicted octanol–water partition coefficient (Wildman–Crippen LogP) is 3.58. The van der Waals surface area contributed by atoms with Crippen molar-refractivity contribution in [1.82, 2.24) is 20.4 Å². The van der Waals surface area contributed by atoms with Crippen molar-refractivity contribution in [3.8, 4) is 5.69 Å². The standard InChI is InChI=1S/C25H28FN5O3/c1-14-20(23(33)27-4)30-31(16-8-6-5-7-9-16)22(14)29-24(34)28-21-17-11-10-15(26)12-18(17)25(2,3)13-19(21)32/h5-12,19,21,32H,13H2,1-4H3,(H,27,33)(H2,28,29,34). The zero-order valence-corrected chi connectivity index (χ0v) is 19.5. The average molecular weight is 466 g/mol. The third-order valence-electron chi connectivity index (χ3n) is 6.27. The Morgan fingerprint density at radius 2 is 1.88 bits per heavy atom. The number of nitrogens with one attached hydrogen (secondary N) is 3. The summed E-state index contributed by atoms with van der Waals surface area (Å²) in [5, 5.41) is 23.4. The molecule has 0 spiro atoms. The maximum Gasteiger partial charge on any atom is 0.320 e. The van der Waals surface area contributed by atoms with Crippen LogP contribution in [0.1, 0.15) is 53.5 Å². The van der Waals surface area contributed by atoms with Gasteiger partial charge in [0.2, 0.25) is 0 Å². The number of carbonyl (C=O) groups is 2. The normalized spacial score (nSPS) is 18.6. The Labute approximate surface area is 197 Å². The molecular formula is C25H28FN5O3. The Kier molecular flexibility index (Phi) is 6.14. The predicted molar refractivity (Wildman–Crippen MR) is 127 cm³/mol. The summed E-state index contributed by atoms with van der Waals surface area (Å²) < 4.78 is 15.4. The molecule has 2 aromatic carbocycles. The van der Waals surface area contributed by atoms with E-state index < -0.39 is 23.6 Å². The first-order valence-electron chi connectivity index (χ1n) is 11.0. The fourth-order valence-corrected chi connectivity index (χ4v) is 4.54. The van der Waals surface area contributed by atoms with E-state index in [-0.39, 0.29) is 17.4 Å². The Morgan fingerprint density at radius 3 is 2.56 bits per heavy atom. The van der Waals surface area contributed by atoms with Gasteiger partial charge in [-0.05, 0) is 54.2 Å². The van der Waals surface area contributed by atoms with Gasteiger partial charge in [0.1, 0.15) is 11.6 Å². The fraction of sp³-hybridized carbons (Fsp3) is 0.320. The molecule has 2 atom stereocenters. The van der Waals surface area contributed by atoms with Gasteiger partial charge in [0.05, 0.1) is 17.8 Å². The molecule has 34 heavy (non-hydrogen) atoms. The van der Waals surface area contributed by atoms with E-state index in [1.54, 1.807) is 25.1 Å². The van der Waals surface area contributed by atoms with Crippen molar-refractivity contribution in [2.45, 2.75) is 44.8 Å². The second-order valence-corrected chi connectivity index (χ2v) is 9.11. The molecule has 2 unspecified atom stereocenters. The molecular weight excluding hydrogens is 437 g/mol. The molecule has 1 aliphatic carbocycles. The van der Waals surface area contributed by atoms with E-state index in [4.69, 9.17) is 0 Å². The second-order valence-electron chi connectivity index (χ2n) is 9.11. The van der Waals surface area contributed by atoms with Gasteiger partial charge in [-0.1, -0.05) is 38.1 Å².